The Bertz CT molecular complexity index is 485. The second-order valence-electron chi connectivity index (χ2n) is 5.71. The standard InChI is InChI=1S/C16H26O10/c1-9(2)22-6-10(3)25-14(19)8-23-13(18)7-24-16(21)12(5)26-15(20)11(4)17/h9-12,17H,6-8H2,1-5H3. The van der Waals surface area contributed by atoms with Crippen molar-refractivity contribution >= 4 is 23.9 Å². The summed E-state index contributed by atoms with van der Waals surface area (Å²) in [5.41, 5.74) is 0. The van der Waals surface area contributed by atoms with Gasteiger partial charge in [-0.05, 0) is 34.6 Å². The highest BCUT2D eigenvalue weighted by Crippen LogP contribution is 2.00. The van der Waals surface area contributed by atoms with Crippen LogP contribution in [0.15, 0.2) is 0 Å². The van der Waals surface area contributed by atoms with Crippen LogP contribution in [0.1, 0.15) is 34.6 Å². The highest BCUT2D eigenvalue weighted by Gasteiger charge is 2.23. The number of hydrogen-bond donors (Lipinski definition) is 1. The monoisotopic (exact) mass is 378 g/mol. The normalized spacial score (nSPS) is 14.1. The summed E-state index contributed by atoms with van der Waals surface area (Å²) in [6, 6.07) is 0. The first kappa shape index (κ1) is 23.8. The summed E-state index contributed by atoms with van der Waals surface area (Å²) >= 11 is 0. The average molecular weight is 378 g/mol. The Balaban J connectivity index is 4.02. The SMILES string of the molecule is CC(C)OCC(C)OC(=O)COC(=O)COC(=O)C(C)OC(=O)C(C)O. The fraction of sp³-hybridized carbons (Fsp3) is 0.750. The number of hydrogen-bond acceptors (Lipinski definition) is 10. The van der Waals surface area contributed by atoms with Crippen molar-refractivity contribution < 1.29 is 48.0 Å². The van der Waals surface area contributed by atoms with Gasteiger partial charge in [-0.1, -0.05) is 0 Å². The molecule has 0 aromatic rings. The molecule has 3 unspecified atom stereocenters. The summed E-state index contributed by atoms with van der Waals surface area (Å²) in [6.45, 7) is 6.48. The van der Waals surface area contributed by atoms with Gasteiger partial charge in [-0.3, -0.25) is 0 Å². The van der Waals surface area contributed by atoms with Gasteiger partial charge >= 0.3 is 23.9 Å². The van der Waals surface area contributed by atoms with Crippen LogP contribution in [0.3, 0.4) is 0 Å². The third-order valence-electron chi connectivity index (χ3n) is 2.65. The van der Waals surface area contributed by atoms with Crippen LogP contribution in [-0.2, 0) is 42.9 Å². The first-order chi connectivity index (χ1) is 12.0. The maximum Gasteiger partial charge on any atom is 0.347 e. The second-order valence-corrected chi connectivity index (χ2v) is 5.71. The predicted molar refractivity (Wildman–Crippen MR) is 85.8 cm³/mol. The van der Waals surface area contributed by atoms with E-state index in [-0.39, 0.29) is 12.7 Å². The fourth-order valence-corrected chi connectivity index (χ4v) is 1.37. The smallest absolute Gasteiger partial charge is 0.347 e. The van der Waals surface area contributed by atoms with Crippen LogP contribution in [0.25, 0.3) is 0 Å². The Morgan fingerprint density at radius 3 is 1.92 bits per heavy atom. The predicted octanol–water partition coefficient (Wildman–Crippen LogP) is -0.258. The molecule has 3 atom stereocenters. The van der Waals surface area contributed by atoms with Crippen molar-refractivity contribution in [3.05, 3.63) is 0 Å². The molecule has 0 heterocycles. The lowest BCUT2D eigenvalue weighted by Crippen LogP contribution is -2.32. The van der Waals surface area contributed by atoms with Gasteiger partial charge in [-0.2, -0.15) is 0 Å². The quantitative estimate of drug-likeness (QED) is 0.378. The van der Waals surface area contributed by atoms with Crippen molar-refractivity contribution in [3.63, 3.8) is 0 Å². The number of rotatable bonds is 11. The summed E-state index contributed by atoms with van der Waals surface area (Å²) in [7, 11) is 0. The molecule has 0 saturated heterocycles. The highest BCUT2D eigenvalue weighted by molar-refractivity contribution is 5.83. The molecule has 0 radical (unpaired) electrons. The van der Waals surface area contributed by atoms with Crippen LogP contribution in [0, 0.1) is 0 Å². The van der Waals surface area contributed by atoms with E-state index in [4.69, 9.17) is 14.6 Å². The van der Waals surface area contributed by atoms with Crippen molar-refractivity contribution in [3.8, 4) is 0 Å². The highest BCUT2D eigenvalue weighted by atomic mass is 16.6. The van der Waals surface area contributed by atoms with E-state index in [0.29, 0.717) is 0 Å². The second kappa shape index (κ2) is 12.2. The zero-order valence-electron chi connectivity index (χ0n) is 15.6. The number of esters is 4. The van der Waals surface area contributed by atoms with Gasteiger partial charge in [0, 0.05) is 0 Å². The van der Waals surface area contributed by atoms with E-state index < -0.39 is 55.4 Å². The maximum absolute atomic E-state index is 11.5. The summed E-state index contributed by atoms with van der Waals surface area (Å²) in [5, 5.41) is 8.96. The first-order valence-electron chi connectivity index (χ1n) is 8.04. The van der Waals surface area contributed by atoms with Gasteiger partial charge in [0.25, 0.3) is 0 Å². The molecule has 0 fully saturated rings. The Kier molecular flexibility index (Phi) is 11.2. The Labute approximate surface area is 151 Å². The molecule has 0 aliphatic heterocycles. The third kappa shape index (κ3) is 11.4. The zero-order chi connectivity index (χ0) is 20.3. The van der Waals surface area contributed by atoms with Gasteiger partial charge in [0.15, 0.2) is 19.3 Å². The van der Waals surface area contributed by atoms with Crippen molar-refractivity contribution in [2.45, 2.75) is 59.0 Å². The van der Waals surface area contributed by atoms with Gasteiger partial charge in [0.1, 0.15) is 12.2 Å². The number of carbonyl (C=O) groups excluding carboxylic acids is 4. The zero-order valence-corrected chi connectivity index (χ0v) is 15.6. The van der Waals surface area contributed by atoms with Crippen LogP contribution in [0.4, 0.5) is 0 Å². The average Bonchev–Trinajstić information content (AvgIpc) is 2.55. The maximum atomic E-state index is 11.5. The van der Waals surface area contributed by atoms with Gasteiger partial charge in [-0.15, -0.1) is 0 Å². The summed E-state index contributed by atoms with van der Waals surface area (Å²) in [5.74, 6) is -3.76. The topological polar surface area (TPSA) is 135 Å². The number of aliphatic hydroxyl groups is 1. The fourth-order valence-electron chi connectivity index (χ4n) is 1.37. The molecule has 0 rings (SSSR count). The minimum atomic E-state index is -1.39. The van der Waals surface area contributed by atoms with Crippen LogP contribution < -0.4 is 0 Å². The van der Waals surface area contributed by atoms with Gasteiger partial charge in [0.05, 0.1) is 12.7 Å². The number of carbonyl (C=O) groups is 4. The van der Waals surface area contributed by atoms with Gasteiger partial charge in [-0.25, -0.2) is 19.2 Å². The molecule has 0 aliphatic carbocycles. The molecule has 0 aliphatic rings. The Hall–Kier alpha value is -2.20. The molecule has 1 N–H and O–H groups in total. The summed E-state index contributed by atoms with van der Waals surface area (Å²) < 4.78 is 24.0. The van der Waals surface area contributed by atoms with E-state index in [2.05, 4.69) is 14.2 Å². The molecule has 26 heavy (non-hydrogen) atoms. The van der Waals surface area contributed by atoms with Crippen LogP contribution in [-0.4, -0.2) is 73.2 Å². The Morgan fingerprint density at radius 2 is 1.38 bits per heavy atom. The molecule has 0 saturated carbocycles. The van der Waals surface area contributed by atoms with Crippen LogP contribution in [0.2, 0.25) is 0 Å². The third-order valence-corrected chi connectivity index (χ3v) is 2.65. The molecule has 10 heteroatoms. The molecule has 0 spiro atoms. The van der Waals surface area contributed by atoms with Crippen molar-refractivity contribution in [1.29, 1.82) is 0 Å². The molecule has 0 aromatic carbocycles. The van der Waals surface area contributed by atoms with Crippen molar-refractivity contribution in [1.82, 2.24) is 0 Å². The molecule has 150 valence electrons. The lowest BCUT2D eigenvalue weighted by atomic mass is 10.4. The van der Waals surface area contributed by atoms with Crippen LogP contribution >= 0.6 is 0 Å². The lowest BCUT2D eigenvalue weighted by molar-refractivity contribution is -0.176. The van der Waals surface area contributed by atoms with Crippen LogP contribution in [0.5, 0.6) is 0 Å². The molecule has 0 bridgehead atoms. The number of aliphatic hydroxyl groups excluding tert-OH is 1. The molecule has 0 aromatic heterocycles. The molecule has 10 nitrogen and oxygen atoms in total. The minimum Gasteiger partial charge on any atom is -0.458 e. The minimum absolute atomic E-state index is 0.00841. The molecule has 0 amide bonds. The van der Waals surface area contributed by atoms with E-state index in [0.717, 1.165) is 0 Å². The van der Waals surface area contributed by atoms with E-state index >= 15 is 0 Å². The van der Waals surface area contributed by atoms with E-state index in [1.807, 2.05) is 13.8 Å². The first-order valence-corrected chi connectivity index (χ1v) is 8.04. The molecular formula is C16H26O10. The van der Waals surface area contributed by atoms with Gasteiger partial charge < -0.3 is 28.8 Å². The van der Waals surface area contributed by atoms with Crippen molar-refractivity contribution in [2.75, 3.05) is 19.8 Å². The lowest BCUT2D eigenvalue weighted by Gasteiger charge is -2.15. The molecular weight excluding hydrogens is 352 g/mol. The summed E-state index contributed by atoms with van der Waals surface area (Å²) in [4.78, 5) is 45.6. The van der Waals surface area contributed by atoms with Crippen molar-refractivity contribution in [2.24, 2.45) is 0 Å². The number of ether oxygens (including phenoxy) is 5. The summed E-state index contributed by atoms with van der Waals surface area (Å²) in [6.07, 6.45) is -3.22. The van der Waals surface area contributed by atoms with Gasteiger partial charge in [0.2, 0.25) is 0 Å². The van der Waals surface area contributed by atoms with E-state index in [1.165, 1.54) is 13.8 Å². The van der Waals surface area contributed by atoms with E-state index in [1.54, 1.807) is 6.92 Å². The van der Waals surface area contributed by atoms with E-state index in [9.17, 15) is 19.2 Å². The Morgan fingerprint density at radius 1 is 0.808 bits per heavy atom. The largest absolute Gasteiger partial charge is 0.458 e.